The number of hydrogen-bond donors (Lipinski definition) is 3. The van der Waals surface area contributed by atoms with Crippen LogP contribution in [-0.4, -0.2) is 5.11 Å². The zero-order valence-corrected chi connectivity index (χ0v) is 8.11. The van der Waals surface area contributed by atoms with Gasteiger partial charge in [-0.25, -0.2) is 0 Å². The third-order valence-electron chi connectivity index (χ3n) is 2.76. The molecule has 1 unspecified atom stereocenters. The quantitative estimate of drug-likeness (QED) is 0.505. The summed E-state index contributed by atoms with van der Waals surface area (Å²) in [5.41, 5.74) is 13.0. The van der Waals surface area contributed by atoms with E-state index in [2.05, 4.69) is 0 Å². The van der Waals surface area contributed by atoms with Crippen LogP contribution in [0.4, 0.5) is 5.69 Å². The van der Waals surface area contributed by atoms with E-state index in [1.807, 2.05) is 6.07 Å². The van der Waals surface area contributed by atoms with Gasteiger partial charge in [0.2, 0.25) is 0 Å². The Morgan fingerprint density at radius 1 is 1.43 bits per heavy atom. The lowest BCUT2D eigenvalue weighted by atomic mass is 10.0. The van der Waals surface area contributed by atoms with Gasteiger partial charge in [0.15, 0.2) is 0 Å². The van der Waals surface area contributed by atoms with Crippen LogP contribution in [0.5, 0.6) is 5.75 Å². The van der Waals surface area contributed by atoms with Crippen molar-refractivity contribution in [2.45, 2.75) is 25.3 Å². The Balaban J connectivity index is 2.10. The zero-order chi connectivity index (χ0) is 10.1. The molecule has 1 aromatic carbocycles. The van der Waals surface area contributed by atoms with Crippen LogP contribution in [0.1, 0.15) is 30.9 Å². The second kappa shape index (κ2) is 3.50. The zero-order valence-electron chi connectivity index (χ0n) is 8.11. The molecule has 0 saturated heterocycles. The van der Waals surface area contributed by atoms with E-state index >= 15 is 0 Å². The van der Waals surface area contributed by atoms with E-state index in [-0.39, 0.29) is 11.8 Å². The van der Waals surface area contributed by atoms with E-state index < -0.39 is 0 Å². The maximum absolute atomic E-state index is 9.25. The van der Waals surface area contributed by atoms with Crippen LogP contribution in [0.2, 0.25) is 0 Å². The minimum Gasteiger partial charge on any atom is -0.506 e. The van der Waals surface area contributed by atoms with E-state index in [0.29, 0.717) is 5.69 Å². The van der Waals surface area contributed by atoms with Crippen molar-refractivity contribution in [2.75, 3.05) is 5.73 Å². The van der Waals surface area contributed by atoms with Gasteiger partial charge in [-0.1, -0.05) is 18.9 Å². The number of phenolic OH excluding ortho intramolecular Hbond substituents is 1. The van der Waals surface area contributed by atoms with Crippen molar-refractivity contribution in [1.82, 2.24) is 0 Å². The Kier molecular flexibility index (Phi) is 2.33. The molecule has 0 bridgehead atoms. The van der Waals surface area contributed by atoms with E-state index in [9.17, 15) is 5.11 Å². The highest BCUT2D eigenvalue weighted by atomic mass is 16.3. The van der Waals surface area contributed by atoms with Gasteiger partial charge in [-0.2, -0.15) is 0 Å². The molecule has 0 heterocycles. The molecule has 14 heavy (non-hydrogen) atoms. The number of hydrogen-bond acceptors (Lipinski definition) is 3. The topological polar surface area (TPSA) is 72.3 Å². The second-order valence-electron chi connectivity index (χ2n) is 4.10. The summed E-state index contributed by atoms with van der Waals surface area (Å²) in [6, 6.07) is 5.28. The summed E-state index contributed by atoms with van der Waals surface area (Å²) in [5, 5.41) is 9.25. The molecule has 1 aliphatic rings. The van der Waals surface area contributed by atoms with Crippen LogP contribution in [0.15, 0.2) is 18.2 Å². The fourth-order valence-electron chi connectivity index (χ4n) is 1.65. The highest BCUT2D eigenvalue weighted by molar-refractivity contribution is 5.53. The van der Waals surface area contributed by atoms with Gasteiger partial charge in [-0.3, -0.25) is 0 Å². The van der Waals surface area contributed by atoms with Crippen LogP contribution < -0.4 is 11.5 Å². The standard InChI is InChI=1S/C11H16N2O/c12-9(5-7-1-2-7)8-3-4-11(14)10(13)6-8/h3-4,6-7,9,14H,1-2,5,12-13H2. The Bertz CT molecular complexity index is 334. The number of rotatable bonds is 3. The Hall–Kier alpha value is -1.22. The van der Waals surface area contributed by atoms with Crippen molar-refractivity contribution in [2.24, 2.45) is 11.7 Å². The fraction of sp³-hybridized carbons (Fsp3) is 0.455. The molecule has 0 radical (unpaired) electrons. The van der Waals surface area contributed by atoms with Crippen molar-refractivity contribution < 1.29 is 5.11 Å². The maximum Gasteiger partial charge on any atom is 0.138 e. The SMILES string of the molecule is Nc1cc(C(N)CC2CC2)ccc1O. The van der Waals surface area contributed by atoms with Gasteiger partial charge >= 0.3 is 0 Å². The van der Waals surface area contributed by atoms with Crippen LogP contribution >= 0.6 is 0 Å². The number of aromatic hydroxyl groups is 1. The normalized spacial score (nSPS) is 18.1. The molecular weight excluding hydrogens is 176 g/mol. The summed E-state index contributed by atoms with van der Waals surface area (Å²) in [5.74, 6) is 0.937. The number of anilines is 1. The second-order valence-corrected chi connectivity index (χ2v) is 4.10. The van der Waals surface area contributed by atoms with Gasteiger partial charge in [-0.15, -0.1) is 0 Å². The number of phenols is 1. The predicted molar refractivity (Wildman–Crippen MR) is 56.8 cm³/mol. The Labute approximate surface area is 83.7 Å². The number of benzene rings is 1. The molecule has 0 aliphatic heterocycles. The first-order chi connectivity index (χ1) is 6.66. The largest absolute Gasteiger partial charge is 0.506 e. The van der Waals surface area contributed by atoms with Gasteiger partial charge in [0.1, 0.15) is 5.75 Å². The molecular formula is C11H16N2O. The lowest BCUT2D eigenvalue weighted by Gasteiger charge is -2.12. The summed E-state index contributed by atoms with van der Waals surface area (Å²) < 4.78 is 0. The van der Waals surface area contributed by atoms with Crippen molar-refractivity contribution >= 4 is 5.69 Å². The molecule has 76 valence electrons. The molecule has 0 aromatic heterocycles. The first kappa shape index (κ1) is 9.34. The van der Waals surface area contributed by atoms with Crippen molar-refractivity contribution in [3.8, 4) is 5.75 Å². The van der Waals surface area contributed by atoms with Gasteiger partial charge in [0.05, 0.1) is 5.69 Å². The smallest absolute Gasteiger partial charge is 0.138 e. The minimum atomic E-state index is 0.0606. The van der Waals surface area contributed by atoms with E-state index in [4.69, 9.17) is 11.5 Å². The predicted octanol–water partition coefficient (Wildman–Crippen LogP) is 1.77. The Morgan fingerprint density at radius 2 is 2.14 bits per heavy atom. The van der Waals surface area contributed by atoms with Crippen LogP contribution in [-0.2, 0) is 0 Å². The first-order valence-corrected chi connectivity index (χ1v) is 5.01. The fourth-order valence-corrected chi connectivity index (χ4v) is 1.65. The van der Waals surface area contributed by atoms with Crippen LogP contribution in [0.3, 0.4) is 0 Å². The summed E-state index contributed by atoms with van der Waals surface area (Å²) >= 11 is 0. The monoisotopic (exact) mass is 192 g/mol. The lowest BCUT2D eigenvalue weighted by Crippen LogP contribution is -2.11. The summed E-state index contributed by atoms with van der Waals surface area (Å²) in [4.78, 5) is 0. The number of nitrogen functional groups attached to an aromatic ring is 1. The van der Waals surface area contributed by atoms with Crippen LogP contribution in [0.25, 0.3) is 0 Å². The van der Waals surface area contributed by atoms with E-state index in [1.54, 1.807) is 12.1 Å². The van der Waals surface area contributed by atoms with E-state index in [1.165, 1.54) is 12.8 Å². The molecule has 1 saturated carbocycles. The number of nitrogens with two attached hydrogens (primary N) is 2. The molecule has 5 N–H and O–H groups in total. The average molecular weight is 192 g/mol. The summed E-state index contributed by atoms with van der Waals surface area (Å²) in [7, 11) is 0. The minimum absolute atomic E-state index is 0.0606. The lowest BCUT2D eigenvalue weighted by molar-refractivity contribution is 0.477. The highest BCUT2D eigenvalue weighted by Crippen LogP contribution is 2.37. The van der Waals surface area contributed by atoms with Gasteiger partial charge in [-0.05, 0) is 30.0 Å². The van der Waals surface area contributed by atoms with E-state index in [0.717, 1.165) is 17.9 Å². The molecule has 3 nitrogen and oxygen atoms in total. The molecule has 1 atom stereocenters. The van der Waals surface area contributed by atoms with Gasteiger partial charge < -0.3 is 16.6 Å². The molecule has 0 spiro atoms. The molecule has 1 aliphatic carbocycles. The molecule has 1 aromatic rings. The summed E-state index contributed by atoms with van der Waals surface area (Å²) in [6.07, 6.45) is 3.65. The summed E-state index contributed by atoms with van der Waals surface area (Å²) in [6.45, 7) is 0. The van der Waals surface area contributed by atoms with Gasteiger partial charge in [0, 0.05) is 6.04 Å². The van der Waals surface area contributed by atoms with Crippen molar-refractivity contribution in [3.05, 3.63) is 23.8 Å². The molecule has 3 heteroatoms. The molecule has 0 amide bonds. The maximum atomic E-state index is 9.25. The third kappa shape index (κ3) is 1.99. The Morgan fingerprint density at radius 3 is 2.71 bits per heavy atom. The van der Waals surface area contributed by atoms with Crippen molar-refractivity contribution in [1.29, 1.82) is 0 Å². The molecule has 1 fully saturated rings. The average Bonchev–Trinajstić information content (AvgIpc) is 2.93. The third-order valence-corrected chi connectivity index (χ3v) is 2.76. The first-order valence-electron chi connectivity index (χ1n) is 5.01. The van der Waals surface area contributed by atoms with Crippen molar-refractivity contribution in [3.63, 3.8) is 0 Å². The highest BCUT2D eigenvalue weighted by Gasteiger charge is 2.24. The van der Waals surface area contributed by atoms with Crippen LogP contribution in [0, 0.1) is 5.92 Å². The van der Waals surface area contributed by atoms with Gasteiger partial charge in [0.25, 0.3) is 0 Å². The molecule has 2 rings (SSSR count).